The molecule has 5 nitrogen and oxygen atoms in total. The van der Waals surface area contributed by atoms with Crippen molar-refractivity contribution in [2.75, 3.05) is 6.54 Å². The van der Waals surface area contributed by atoms with Crippen LogP contribution in [0, 0.1) is 5.41 Å². The minimum absolute atomic E-state index is 0.0703. The summed E-state index contributed by atoms with van der Waals surface area (Å²) in [6, 6.07) is 3.60. The molecule has 1 aliphatic carbocycles. The van der Waals surface area contributed by atoms with Crippen molar-refractivity contribution in [1.82, 2.24) is 10.2 Å². The highest BCUT2D eigenvalue weighted by atomic mass is 19.4. The van der Waals surface area contributed by atoms with Gasteiger partial charge in [-0.3, -0.25) is 4.79 Å². The van der Waals surface area contributed by atoms with E-state index in [1.165, 1.54) is 6.07 Å². The number of amides is 2. The van der Waals surface area contributed by atoms with E-state index in [0.717, 1.165) is 17.7 Å². The molecule has 166 valence electrons. The zero-order valence-electron chi connectivity index (χ0n) is 17.9. The second kappa shape index (κ2) is 7.78. The molecule has 1 heterocycles. The van der Waals surface area contributed by atoms with Crippen LogP contribution in [0.2, 0.25) is 0 Å². The molecule has 0 spiro atoms. The second-order valence-electron chi connectivity index (χ2n) is 9.60. The molecule has 1 aromatic carbocycles. The van der Waals surface area contributed by atoms with Crippen molar-refractivity contribution in [3.63, 3.8) is 0 Å². The van der Waals surface area contributed by atoms with Gasteiger partial charge < -0.3 is 15.0 Å². The Morgan fingerprint density at radius 1 is 1.20 bits per heavy atom. The highest BCUT2D eigenvalue weighted by Crippen LogP contribution is 2.41. The first-order chi connectivity index (χ1) is 13.8. The average molecular weight is 426 g/mol. The molecule has 1 aromatic rings. The lowest BCUT2D eigenvalue weighted by atomic mass is 9.85. The first-order valence-electron chi connectivity index (χ1n) is 10.2. The van der Waals surface area contributed by atoms with Crippen LogP contribution in [-0.4, -0.2) is 35.1 Å². The van der Waals surface area contributed by atoms with E-state index in [-0.39, 0.29) is 18.5 Å². The van der Waals surface area contributed by atoms with Gasteiger partial charge in [-0.05, 0) is 69.7 Å². The molecule has 0 saturated heterocycles. The van der Waals surface area contributed by atoms with Gasteiger partial charge in [0.05, 0.1) is 5.56 Å². The summed E-state index contributed by atoms with van der Waals surface area (Å²) in [7, 11) is 0. The molecular formula is C22H29F3N2O3. The molecule has 1 aliphatic heterocycles. The Kier molecular flexibility index (Phi) is 5.82. The third-order valence-electron chi connectivity index (χ3n) is 5.81. The lowest BCUT2D eigenvalue weighted by molar-refractivity contribution is -0.142. The molecule has 0 radical (unpaired) electrons. The van der Waals surface area contributed by atoms with Crippen molar-refractivity contribution in [3.8, 4) is 0 Å². The summed E-state index contributed by atoms with van der Waals surface area (Å²) >= 11 is 0. The maximum Gasteiger partial charge on any atom is 0.416 e. The van der Waals surface area contributed by atoms with E-state index < -0.39 is 28.8 Å². The highest BCUT2D eigenvalue weighted by Gasteiger charge is 2.44. The van der Waals surface area contributed by atoms with Crippen LogP contribution < -0.4 is 5.32 Å². The van der Waals surface area contributed by atoms with Gasteiger partial charge in [-0.2, -0.15) is 13.2 Å². The Labute approximate surface area is 175 Å². The molecule has 3 rings (SSSR count). The van der Waals surface area contributed by atoms with E-state index in [1.807, 2.05) is 6.92 Å². The monoisotopic (exact) mass is 426 g/mol. The number of rotatable bonds is 2. The van der Waals surface area contributed by atoms with Gasteiger partial charge in [0.15, 0.2) is 0 Å². The molecule has 2 aliphatic rings. The normalized spacial score (nSPS) is 24.4. The van der Waals surface area contributed by atoms with E-state index >= 15 is 0 Å². The first-order valence-corrected chi connectivity index (χ1v) is 10.2. The zero-order chi connectivity index (χ0) is 22.3. The smallest absolute Gasteiger partial charge is 0.416 e. The minimum Gasteiger partial charge on any atom is -0.444 e. The van der Waals surface area contributed by atoms with Gasteiger partial charge in [-0.25, -0.2) is 4.79 Å². The third-order valence-corrected chi connectivity index (χ3v) is 5.81. The van der Waals surface area contributed by atoms with Crippen LogP contribution in [0.5, 0.6) is 0 Å². The fourth-order valence-corrected chi connectivity index (χ4v) is 4.32. The van der Waals surface area contributed by atoms with Crippen molar-refractivity contribution in [2.24, 2.45) is 5.41 Å². The van der Waals surface area contributed by atoms with Gasteiger partial charge in [-0.1, -0.05) is 13.0 Å². The molecule has 1 saturated carbocycles. The number of carbonyl (C=O) groups excluding carboxylic acids is 2. The fourth-order valence-electron chi connectivity index (χ4n) is 4.32. The van der Waals surface area contributed by atoms with E-state index in [1.54, 1.807) is 25.7 Å². The van der Waals surface area contributed by atoms with Crippen LogP contribution in [0.1, 0.15) is 63.6 Å². The Morgan fingerprint density at radius 2 is 1.90 bits per heavy atom. The largest absolute Gasteiger partial charge is 0.444 e. The van der Waals surface area contributed by atoms with Crippen LogP contribution in [0.3, 0.4) is 0 Å². The summed E-state index contributed by atoms with van der Waals surface area (Å²) in [6.45, 7) is 7.89. The molecule has 1 unspecified atom stereocenters. The number of ether oxygens (including phenoxy) is 1. The number of benzene rings is 1. The summed E-state index contributed by atoms with van der Waals surface area (Å²) in [4.78, 5) is 26.9. The molecule has 1 fully saturated rings. The summed E-state index contributed by atoms with van der Waals surface area (Å²) in [5.41, 5.74) is -0.538. The van der Waals surface area contributed by atoms with Gasteiger partial charge in [0.2, 0.25) is 5.91 Å². The molecule has 8 heteroatoms. The third kappa shape index (κ3) is 5.08. The van der Waals surface area contributed by atoms with Crippen LogP contribution >= 0.6 is 0 Å². The number of halogens is 3. The van der Waals surface area contributed by atoms with Crippen molar-refractivity contribution in [3.05, 3.63) is 34.9 Å². The number of hydrogen-bond acceptors (Lipinski definition) is 3. The standard InChI is InChI=1S/C22H29F3N2O3/c1-20(2,3)30-19(29)26-17-7-9-21(4,12-17)18(28)27-10-8-14-5-6-16(22(23,24)25)11-15(14)13-27/h5-6,11,17H,7-10,12-13H2,1-4H3,(H,26,29)/t17-,21?/m1/s1. The van der Waals surface area contributed by atoms with Crippen LogP contribution in [-0.2, 0) is 28.7 Å². The molecule has 2 atom stereocenters. The SMILES string of the molecule is CC(C)(C)OC(=O)N[C@@H]1CCC(C)(C(=O)N2CCc3ccc(C(F)(F)F)cc3C2)C1. The quantitative estimate of drug-likeness (QED) is 0.748. The average Bonchev–Trinajstić information content (AvgIpc) is 2.99. The Hall–Kier alpha value is -2.25. The van der Waals surface area contributed by atoms with Gasteiger partial charge in [0.25, 0.3) is 0 Å². The van der Waals surface area contributed by atoms with Gasteiger partial charge in [0.1, 0.15) is 5.60 Å². The van der Waals surface area contributed by atoms with E-state index in [9.17, 15) is 22.8 Å². The maximum absolute atomic E-state index is 13.2. The van der Waals surface area contributed by atoms with Crippen molar-refractivity contribution < 1.29 is 27.5 Å². The number of fused-ring (bicyclic) bond motifs is 1. The molecule has 0 aromatic heterocycles. The second-order valence-corrected chi connectivity index (χ2v) is 9.60. The number of nitrogens with zero attached hydrogens (tertiary/aromatic N) is 1. The number of alkyl carbamates (subject to hydrolysis) is 1. The summed E-state index contributed by atoms with van der Waals surface area (Å²) in [5.74, 6) is -0.0703. The predicted molar refractivity (Wildman–Crippen MR) is 106 cm³/mol. The van der Waals surface area contributed by atoms with Crippen molar-refractivity contribution in [1.29, 1.82) is 0 Å². The molecule has 2 amide bonds. The lowest BCUT2D eigenvalue weighted by Crippen LogP contribution is -2.45. The maximum atomic E-state index is 13.2. The van der Waals surface area contributed by atoms with E-state index in [2.05, 4.69) is 5.32 Å². The first kappa shape index (κ1) is 22.4. The summed E-state index contributed by atoms with van der Waals surface area (Å²) < 4.78 is 44.4. The summed E-state index contributed by atoms with van der Waals surface area (Å²) in [6.07, 6.45) is -2.62. The Bertz CT molecular complexity index is 832. The van der Waals surface area contributed by atoms with Crippen LogP contribution in [0.15, 0.2) is 18.2 Å². The summed E-state index contributed by atoms with van der Waals surface area (Å²) in [5, 5.41) is 2.83. The Morgan fingerprint density at radius 3 is 2.53 bits per heavy atom. The predicted octanol–water partition coefficient (Wildman–Crippen LogP) is 4.67. The van der Waals surface area contributed by atoms with Crippen LogP contribution in [0.4, 0.5) is 18.0 Å². The number of hydrogen-bond donors (Lipinski definition) is 1. The molecule has 30 heavy (non-hydrogen) atoms. The molecule has 1 N–H and O–H groups in total. The van der Waals surface area contributed by atoms with Gasteiger partial charge >= 0.3 is 12.3 Å². The molecular weight excluding hydrogens is 397 g/mol. The Balaban J connectivity index is 1.65. The zero-order valence-corrected chi connectivity index (χ0v) is 17.9. The molecule has 0 bridgehead atoms. The fraction of sp³-hybridized carbons (Fsp3) is 0.636. The van der Waals surface area contributed by atoms with Crippen molar-refractivity contribution in [2.45, 2.75) is 77.7 Å². The van der Waals surface area contributed by atoms with Gasteiger partial charge in [0, 0.05) is 24.5 Å². The van der Waals surface area contributed by atoms with E-state index in [0.29, 0.717) is 37.8 Å². The number of alkyl halides is 3. The van der Waals surface area contributed by atoms with Gasteiger partial charge in [-0.15, -0.1) is 0 Å². The number of nitrogens with one attached hydrogen (secondary N) is 1. The highest BCUT2D eigenvalue weighted by molar-refractivity contribution is 5.83. The van der Waals surface area contributed by atoms with Crippen molar-refractivity contribution >= 4 is 12.0 Å². The lowest BCUT2D eigenvalue weighted by Gasteiger charge is -2.35. The topological polar surface area (TPSA) is 58.6 Å². The minimum atomic E-state index is -4.40. The number of carbonyl (C=O) groups is 2. The van der Waals surface area contributed by atoms with E-state index in [4.69, 9.17) is 4.74 Å². The van der Waals surface area contributed by atoms with Crippen LogP contribution in [0.25, 0.3) is 0 Å².